The maximum absolute atomic E-state index is 12.9. The molecule has 0 N–H and O–H groups in total. The number of anilines is 1. The van der Waals surface area contributed by atoms with E-state index in [9.17, 15) is 4.79 Å². The Balaban J connectivity index is 1.32. The molecule has 3 aromatic rings. The summed E-state index contributed by atoms with van der Waals surface area (Å²) in [4.78, 5) is 24.0. The molecule has 1 amide bonds. The number of carbonyl (C=O) groups is 1. The number of carbonyl (C=O) groups excluding carboxylic acids is 1. The lowest BCUT2D eigenvalue weighted by Gasteiger charge is -2.38. The van der Waals surface area contributed by atoms with Crippen molar-refractivity contribution in [1.29, 1.82) is 0 Å². The Morgan fingerprint density at radius 3 is 2.50 bits per heavy atom. The number of imidazole rings is 1. The second kappa shape index (κ2) is 8.12. The van der Waals surface area contributed by atoms with Crippen LogP contribution in [0.4, 0.5) is 5.69 Å². The number of aromatic nitrogens is 2. The molecule has 1 atom stereocenters. The van der Waals surface area contributed by atoms with Gasteiger partial charge in [0.15, 0.2) is 0 Å². The minimum atomic E-state index is -0.123. The minimum Gasteiger partial charge on any atom is -0.314 e. The molecule has 3 heterocycles. The van der Waals surface area contributed by atoms with Gasteiger partial charge in [0.25, 0.3) is 0 Å². The number of hydrogen-bond acceptors (Lipinski definition) is 4. The van der Waals surface area contributed by atoms with Crippen LogP contribution in [0.1, 0.15) is 12.6 Å². The average Bonchev–Trinajstić information content (AvgIpc) is 3.15. The van der Waals surface area contributed by atoms with E-state index in [4.69, 9.17) is 4.98 Å². The van der Waals surface area contributed by atoms with Gasteiger partial charge in [-0.3, -0.25) is 14.6 Å². The third-order valence-electron chi connectivity index (χ3n) is 5.59. The molecule has 2 aromatic heterocycles. The van der Waals surface area contributed by atoms with Gasteiger partial charge in [0, 0.05) is 57.9 Å². The first-order valence-corrected chi connectivity index (χ1v) is 9.83. The van der Waals surface area contributed by atoms with Gasteiger partial charge < -0.3 is 9.30 Å². The van der Waals surface area contributed by atoms with Crippen molar-refractivity contribution in [3.63, 3.8) is 0 Å². The molecule has 1 saturated heterocycles. The summed E-state index contributed by atoms with van der Waals surface area (Å²) in [6.45, 7) is 6.54. The molecule has 1 aliphatic rings. The lowest BCUT2D eigenvalue weighted by molar-refractivity contribution is -0.123. The summed E-state index contributed by atoms with van der Waals surface area (Å²) in [5.74, 6) is 0.139. The molecule has 0 radical (unpaired) electrons. The third kappa shape index (κ3) is 3.93. The second-order valence-corrected chi connectivity index (χ2v) is 7.42. The van der Waals surface area contributed by atoms with E-state index in [1.807, 2.05) is 68.7 Å². The molecule has 4 rings (SSSR count). The van der Waals surface area contributed by atoms with Crippen molar-refractivity contribution in [3.05, 3.63) is 66.6 Å². The van der Waals surface area contributed by atoms with Crippen LogP contribution in [0.15, 0.2) is 60.9 Å². The van der Waals surface area contributed by atoms with Crippen molar-refractivity contribution in [3.8, 4) is 0 Å². The zero-order chi connectivity index (χ0) is 19.5. The fraction of sp³-hybridized carbons (Fsp3) is 0.364. The SMILES string of the molecule is CC(C(=O)N(C)c1ccccc1)N1CCN(Cc2cn3ccccc3n2)CC1. The zero-order valence-corrected chi connectivity index (χ0v) is 16.5. The van der Waals surface area contributed by atoms with Crippen LogP contribution in [0.25, 0.3) is 5.65 Å². The smallest absolute Gasteiger partial charge is 0.243 e. The summed E-state index contributed by atoms with van der Waals surface area (Å²) < 4.78 is 2.06. The maximum Gasteiger partial charge on any atom is 0.243 e. The number of benzene rings is 1. The van der Waals surface area contributed by atoms with Gasteiger partial charge in [-0.2, -0.15) is 0 Å². The summed E-state index contributed by atoms with van der Waals surface area (Å²) >= 11 is 0. The number of amides is 1. The lowest BCUT2D eigenvalue weighted by atomic mass is 10.2. The molecule has 28 heavy (non-hydrogen) atoms. The van der Waals surface area contributed by atoms with Crippen LogP contribution >= 0.6 is 0 Å². The molecule has 0 aliphatic carbocycles. The summed E-state index contributed by atoms with van der Waals surface area (Å²) in [7, 11) is 1.85. The number of pyridine rings is 1. The summed E-state index contributed by atoms with van der Waals surface area (Å²) in [5, 5.41) is 0. The zero-order valence-electron chi connectivity index (χ0n) is 16.5. The Hall–Kier alpha value is -2.70. The third-order valence-corrected chi connectivity index (χ3v) is 5.59. The predicted octanol–water partition coefficient (Wildman–Crippen LogP) is 2.50. The molecule has 146 valence electrons. The highest BCUT2D eigenvalue weighted by Crippen LogP contribution is 2.16. The van der Waals surface area contributed by atoms with E-state index in [1.54, 1.807) is 4.90 Å². The number of fused-ring (bicyclic) bond motifs is 1. The van der Waals surface area contributed by atoms with Crippen molar-refractivity contribution < 1.29 is 4.79 Å². The van der Waals surface area contributed by atoms with E-state index in [2.05, 4.69) is 20.4 Å². The lowest BCUT2D eigenvalue weighted by Crippen LogP contribution is -2.53. The van der Waals surface area contributed by atoms with Crippen LogP contribution in [0.2, 0.25) is 0 Å². The minimum absolute atomic E-state index is 0.123. The summed E-state index contributed by atoms with van der Waals surface area (Å²) in [6, 6.07) is 15.8. The van der Waals surface area contributed by atoms with Crippen LogP contribution < -0.4 is 4.90 Å². The quantitative estimate of drug-likeness (QED) is 0.685. The highest BCUT2D eigenvalue weighted by atomic mass is 16.2. The first-order valence-electron chi connectivity index (χ1n) is 9.83. The number of rotatable bonds is 5. The molecule has 6 nitrogen and oxygen atoms in total. The van der Waals surface area contributed by atoms with Crippen molar-refractivity contribution in [2.45, 2.75) is 19.5 Å². The van der Waals surface area contributed by atoms with Gasteiger partial charge in [0.05, 0.1) is 11.7 Å². The number of hydrogen-bond donors (Lipinski definition) is 0. The Labute approximate surface area is 166 Å². The van der Waals surface area contributed by atoms with Gasteiger partial charge in [-0.25, -0.2) is 4.98 Å². The molecule has 0 saturated carbocycles. The van der Waals surface area contributed by atoms with Crippen molar-refractivity contribution in [2.75, 3.05) is 38.1 Å². The predicted molar refractivity (Wildman–Crippen MR) is 111 cm³/mol. The fourth-order valence-electron chi connectivity index (χ4n) is 3.82. The molecular weight excluding hydrogens is 350 g/mol. The van der Waals surface area contributed by atoms with Crippen molar-refractivity contribution in [1.82, 2.24) is 19.2 Å². The van der Waals surface area contributed by atoms with E-state index in [0.717, 1.165) is 49.8 Å². The van der Waals surface area contributed by atoms with E-state index >= 15 is 0 Å². The Bertz CT molecular complexity index is 897. The second-order valence-electron chi connectivity index (χ2n) is 7.42. The van der Waals surface area contributed by atoms with Gasteiger partial charge in [-0.1, -0.05) is 24.3 Å². The van der Waals surface area contributed by atoms with Crippen LogP contribution in [0.3, 0.4) is 0 Å². The maximum atomic E-state index is 12.9. The standard InChI is InChI=1S/C22H27N5O/c1-18(22(28)24(2)20-8-4-3-5-9-20)26-14-12-25(13-15-26)16-19-17-27-11-7-6-10-21(27)23-19/h3-11,17-18H,12-16H2,1-2H3. The van der Waals surface area contributed by atoms with Crippen LogP contribution in [0, 0.1) is 0 Å². The van der Waals surface area contributed by atoms with Gasteiger partial charge >= 0.3 is 0 Å². The normalized spacial score (nSPS) is 16.9. The molecule has 1 aromatic carbocycles. The van der Waals surface area contributed by atoms with Crippen LogP contribution in [-0.2, 0) is 11.3 Å². The van der Waals surface area contributed by atoms with Gasteiger partial charge in [0.2, 0.25) is 5.91 Å². The van der Waals surface area contributed by atoms with Gasteiger partial charge in [0.1, 0.15) is 5.65 Å². The molecule has 0 spiro atoms. The molecule has 6 heteroatoms. The van der Waals surface area contributed by atoms with Crippen LogP contribution in [0.5, 0.6) is 0 Å². The van der Waals surface area contributed by atoms with E-state index in [-0.39, 0.29) is 11.9 Å². The first-order chi connectivity index (χ1) is 13.6. The number of piperazine rings is 1. The highest BCUT2D eigenvalue weighted by Gasteiger charge is 2.28. The largest absolute Gasteiger partial charge is 0.314 e. The Morgan fingerprint density at radius 2 is 1.79 bits per heavy atom. The van der Waals surface area contributed by atoms with Crippen molar-refractivity contribution in [2.24, 2.45) is 0 Å². The monoisotopic (exact) mass is 377 g/mol. The topological polar surface area (TPSA) is 44.1 Å². The van der Waals surface area contributed by atoms with Crippen LogP contribution in [-0.4, -0.2) is 64.4 Å². The average molecular weight is 377 g/mol. The van der Waals surface area contributed by atoms with Gasteiger partial charge in [-0.15, -0.1) is 0 Å². The molecule has 1 unspecified atom stereocenters. The molecule has 1 fully saturated rings. The first kappa shape index (κ1) is 18.7. The molecule has 1 aliphatic heterocycles. The number of para-hydroxylation sites is 1. The number of likely N-dealkylation sites (N-methyl/N-ethyl adjacent to an activating group) is 1. The van der Waals surface area contributed by atoms with Crippen molar-refractivity contribution >= 4 is 17.2 Å². The highest BCUT2D eigenvalue weighted by molar-refractivity contribution is 5.96. The summed E-state index contributed by atoms with van der Waals surface area (Å²) in [5.41, 5.74) is 3.01. The molecule has 0 bridgehead atoms. The Morgan fingerprint density at radius 1 is 1.07 bits per heavy atom. The summed E-state index contributed by atoms with van der Waals surface area (Å²) in [6.07, 6.45) is 4.13. The van der Waals surface area contributed by atoms with E-state index in [0.29, 0.717) is 0 Å². The van der Waals surface area contributed by atoms with E-state index in [1.165, 1.54) is 0 Å². The van der Waals surface area contributed by atoms with Gasteiger partial charge in [-0.05, 0) is 31.2 Å². The molecular formula is C22H27N5O. The van der Waals surface area contributed by atoms with E-state index < -0.39 is 0 Å². The fourth-order valence-corrected chi connectivity index (χ4v) is 3.82. The number of nitrogens with zero attached hydrogens (tertiary/aromatic N) is 5. The Kier molecular flexibility index (Phi) is 5.41.